The van der Waals surface area contributed by atoms with Gasteiger partial charge in [-0.05, 0) is 12.8 Å². The van der Waals surface area contributed by atoms with Crippen molar-refractivity contribution in [2.45, 2.75) is 18.9 Å². The molecule has 0 saturated heterocycles. The first kappa shape index (κ1) is 8.37. The summed E-state index contributed by atoms with van der Waals surface area (Å²) >= 11 is 0. The second-order valence-corrected chi connectivity index (χ2v) is 3.32. The van der Waals surface area contributed by atoms with Crippen molar-refractivity contribution in [1.29, 1.82) is 0 Å². The summed E-state index contributed by atoms with van der Waals surface area (Å²) in [6, 6.07) is 0.548. The van der Waals surface area contributed by atoms with Crippen LogP contribution in [0.25, 0.3) is 0 Å². The highest BCUT2D eigenvalue weighted by molar-refractivity contribution is 5.63. The number of nitrogens with two attached hydrogens (primary N) is 1. The number of aromatic nitrogens is 2. The number of anilines is 2. The molecule has 5 heteroatoms. The Balaban J connectivity index is 2.14. The highest BCUT2D eigenvalue weighted by atomic mass is 16.3. The van der Waals surface area contributed by atoms with Crippen LogP contribution in [0.15, 0.2) is 6.20 Å². The molecular weight excluding hydrogens is 168 g/mol. The van der Waals surface area contributed by atoms with Gasteiger partial charge in [0.05, 0.1) is 18.5 Å². The van der Waals surface area contributed by atoms with Gasteiger partial charge in [0, 0.05) is 12.6 Å². The number of aliphatic hydroxyl groups excluding tert-OH is 1. The maximum atomic E-state index is 8.89. The van der Waals surface area contributed by atoms with E-state index in [2.05, 4.69) is 15.1 Å². The van der Waals surface area contributed by atoms with E-state index in [-0.39, 0.29) is 6.61 Å². The Morgan fingerprint density at radius 1 is 1.69 bits per heavy atom. The molecule has 1 fully saturated rings. The van der Waals surface area contributed by atoms with Gasteiger partial charge in [0.15, 0.2) is 0 Å². The van der Waals surface area contributed by atoms with Crippen LogP contribution in [0.5, 0.6) is 0 Å². The average Bonchev–Trinajstić information content (AvgIpc) is 2.86. The first-order valence-corrected chi connectivity index (χ1v) is 4.49. The Kier molecular flexibility index (Phi) is 2.10. The van der Waals surface area contributed by atoms with Gasteiger partial charge in [0.1, 0.15) is 5.82 Å². The Bertz CT molecular complexity index is 281. The van der Waals surface area contributed by atoms with Crippen LogP contribution in [0.3, 0.4) is 0 Å². The number of nitrogens with zero attached hydrogens (tertiary/aromatic N) is 2. The van der Waals surface area contributed by atoms with Crippen molar-refractivity contribution in [1.82, 2.24) is 10.2 Å². The lowest BCUT2D eigenvalue weighted by Crippen LogP contribution is -2.29. The van der Waals surface area contributed by atoms with Crippen molar-refractivity contribution in [3.63, 3.8) is 0 Å². The maximum absolute atomic E-state index is 8.89. The van der Waals surface area contributed by atoms with E-state index >= 15 is 0 Å². The summed E-state index contributed by atoms with van der Waals surface area (Å²) in [6.45, 7) is 0.787. The van der Waals surface area contributed by atoms with E-state index in [1.807, 2.05) is 0 Å². The second kappa shape index (κ2) is 3.26. The number of hydrogen-bond donors (Lipinski definition) is 3. The molecule has 1 aromatic rings. The molecule has 0 radical (unpaired) electrons. The number of hydrogen-bond acceptors (Lipinski definition) is 4. The van der Waals surface area contributed by atoms with Gasteiger partial charge in [-0.15, -0.1) is 0 Å². The van der Waals surface area contributed by atoms with Gasteiger partial charge in [-0.25, -0.2) is 0 Å². The average molecular weight is 182 g/mol. The third-order valence-corrected chi connectivity index (χ3v) is 2.29. The molecule has 0 unspecified atom stereocenters. The number of H-pyrrole nitrogens is 1. The Labute approximate surface area is 76.5 Å². The molecule has 2 rings (SSSR count). The molecule has 0 amide bonds. The Hall–Kier alpha value is -1.23. The molecule has 0 aromatic carbocycles. The van der Waals surface area contributed by atoms with Crippen molar-refractivity contribution < 1.29 is 5.11 Å². The summed E-state index contributed by atoms with van der Waals surface area (Å²) in [6.07, 6.45) is 4.08. The number of aromatic amines is 1. The van der Waals surface area contributed by atoms with Crippen LogP contribution >= 0.6 is 0 Å². The largest absolute Gasteiger partial charge is 0.395 e. The standard InChI is InChI=1S/C8H14N4O/c9-8-7(5-10-11-8)12(3-4-13)6-1-2-6/h5-6,13H,1-4H2,(H3,9,10,11). The summed E-state index contributed by atoms with van der Waals surface area (Å²) < 4.78 is 0. The van der Waals surface area contributed by atoms with Gasteiger partial charge in [-0.3, -0.25) is 5.10 Å². The SMILES string of the molecule is Nc1[nH]ncc1N(CCO)C1CC1. The fraction of sp³-hybridized carbons (Fsp3) is 0.625. The Morgan fingerprint density at radius 3 is 2.92 bits per heavy atom. The molecule has 0 spiro atoms. The van der Waals surface area contributed by atoms with Crippen LogP contribution in [0, 0.1) is 0 Å². The minimum atomic E-state index is 0.154. The minimum Gasteiger partial charge on any atom is -0.395 e. The van der Waals surface area contributed by atoms with Crippen LogP contribution in [0.1, 0.15) is 12.8 Å². The third-order valence-electron chi connectivity index (χ3n) is 2.29. The zero-order valence-electron chi connectivity index (χ0n) is 7.40. The molecule has 1 aliphatic carbocycles. The van der Waals surface area contributed by atoms with Gasteiger partial charge in [0.2, 0.25) is 0 Å². The van der Waals surface area contributed by atoms with E-state index in [0.29, 0.717) is 18.4 Å². The summed E-state index contributed by atoms with van der Waals surface area (Å²) in [5.41, 5.74) is 6.61. The fourth-order valence-electron chi connectivity index (χ4n) is 1.51. The predicted molar refractivity (Wildman–Crippen MR) is 50.5 cm³/mol. The molecule has 5 nitrogen and oxygen atoms in total. The lowest BCUT2D eigenvalue weighted by atomic mass is 10.4. The van der Waals surface area contributed by atoms with E-state index in [0.717, 1.165) is 5.69 Å². The molecule has 13 heavy (non-hydrogen) atoms. The van der Waals surface area contributed by atoms with Crippen LogP contribution in [-0.4, -0.2) is 34.5 Å². The minimum absolute atomic E-state index is 0.154. The van der Waals surface area contributed by atoms with E-state index in [4.69, 9.17) is 10.8 Å². The van der Waals surface area contributed by atoms with Crippen molar-refractivity contribution in [2.24, 2.45) is 0 Å². The monoisotopic (exact) mass is 182 g/mol. The van der Waals surface area contributed by atoms with E-state index in [9.17, 15) is 0 Å². The summed E-state index contributed by atoms with van der Waals surface area (Å²) in [7, 11) is 0. The van der Waals surface area contributed by atoms with Gasteiger partial charge in [-0.1, -0.05) is 0 Å². The van der Waals surface area contributed by atoms with Gasteiger partial charge < -0.3 is 15.7 Å². The summed E-state index contributed by atoms with van der Waals surface area (Å²) in [4.78, 5) is 2.11. The van der Waals surface area contributed by atoms with Crippen LogP contribution in [0.2, 0.25) is 0 Å². The zero-order chi connectivity index (χ0) is 9.26. The Morgan fingerprint density at radius 2 is 2.46 bits per heavy atom. The first-order valence-electron chi connectivity index (χ1n) is 4.49. The molecule has 1 aliphatic rings. The van der Waals surface area contributed by atoms with Crippen LogP contribution < -0.4 is 10.6 Å². The van der Waals surface area contributed by atoms with E-state index in [1.165, 1.54) is 12.8 Å². The highest BCUT2D eigenvalue weighted by Crippen LogP contribution is 2.33. The lowest BCUT2D eigenvalue weighted by molar-refractivity contribution is 0.301. The first-order chi connectivity index (χ1) is 6.33. The normalized spacial score (nSPS) is 16.1. The maximum Gasteiger partial charge on any atom is 0.142 e. The van der Waals surface area contributed by atoms with Crippen molar-refractivity contribution in [3.8, 4) is 0 Å². The number of nitrogen functional groups attached to an aromatic ring is 1. The van der Waals surface area contributed by atoms with Crippen LogP contribution in [0.4, 0.5) is 11.5 Å². The second-order valence-electron chi connectivity index (χ2n) is 3.32. The summed E-state index contributed by atoms with van der Waals surface area (Å²) in [5, 5.41) is 15.4. The third kappa shape index (κ3) is 1.60. The van der Waals surface area contributed by atoms with Crippen molar-refractivity contribution in [2.75, 3.05) is 23.8 Å². The van der Waals surface area contributed by atoms with Crippen molar-refractivity contribution >= 4 is 11.5 Å². The molecule has 0 atom stereocenters. The lowest BCUT2D eigenvalue weighted by Gasteiger charge is -2.21. The predicted octanol–water partition coefficient (Wildman–Crippen LogP) is -0.0470. The molecule has 1 aromatic heterocycles. The molecule has 1 saturated carbocycles. The number of nitrogens with one attached hydrogen (secondary N) is 1. The molecule has 0 aliphatic heterocycles. The fourth-order valence-corrected chi connectivity index (χ4v) is 1.51. The molecule has 0 bridgehead atoms. The smallest absolute Gasteiger partial charge is 0.142 e. The zero-order valence-corrected chi connectivity index (χ0v) is 7.40. The van der Waals surface area contributed by atoms with Gasteiger partial charge >= 0.3 is 0 Å². The quantitative estimate of drug-likeness (QED) is 0.610. The van der Waals surface area contributed by atoms with E-state index < -0.39 is 0 Å². The molecule has 4 N–H and O–H groups in total. The molecule has 72 valence electrons. The van der Waals surface area contributed by atoms with Gasteiger partial charge in [-0.2, -0.15) is 5.10 Å². The summed E-state index contributed by atoms with van der Waals surface area (Å²) in [5.74, 6) is 0.584. The number of rotatable bonds is 4. The van der Waals surface area contributed by atoms with E-state index in [1.54, 1.807) is 6.20 Å². The van der Waals surface area contributed by atoms with Gasteiger partial charge in [0.25, 0.3) is 0 Å². The molecular formula is C8H14N4O. The highest BCUT2D eigenvalue weighted by Gasteiger charge is 2.30. The molecule has 1 heterocycles. The number of aliphatic hydroxyl groups is 1. The van der Waals surface area contributed by atoms with Crippen LogP contribution in [-0.2, 0) is 0 Å². The van der Waals surface area contributed by atoms with Crippen molar-refractivity contribution in [3.05, 3.63) is 6.20 Å². The topological polar surface area (TPSA) is 78.2 Å².